The molecular weight excluding hydrogens is 338 g/mol. The van der Waals surface area contributed by atoms with Gasteiger partial charge >= 0.3 is 0 Å². The molecule has 2 amide bonds. The fraction of sp³-hybridized carbons (Fsp3) is 0.556. The molecule has 3 N–H and O–H groups in total. The number of hydrogen-bond acceptors (Lipinski definition) is 5. The maximum absolute atomic E-state index is 12.6. The van der Waals surface area contributed by atoms with Gasteiger partial charge < -0.3 is 20.7 Å². The number of rotatable bonds is 8. The van der Waals surface area contributed by atoms with Crippen LogP contribution < -0.4 is 15.8 Å². The Morgan fingerprint density at radius 2 is 2.08 bits per heavy atom. The van der Waals surface area contributed by atoms with E-state index in [4.69, 9.17) is 10.5 Å². The van der Waals surface area contributed by atoms with Crippen molar-refractivity contribution in [3.63, 3.8) is 0 Å². The van der Waals surface area contributed by atoms with Crippen LogP contribution in [0.2, 0.25) is 0 Å². The first-order chi connectivity index (χ1) is 12.1. The van der Waals surface area contributed by atoms with Crippen molar-refractivity contribution in [2.45, 2.75) is 36.6 Å². The molecule has 25 heavy (non-hydrogen) atoms. The zero-order valence-corrected chi connectivity index (χ0v) is 15.5. The molecule has 1 aliphatic rings. The van der Waals surface area contributed by atoms with Crippen LogP contribution in [-0.2, 0) is 9.59 Å². The lowest BCUT2D eigenvalue weighted by Gasteiger charge is -2.36. The molecule has 0 spiro atoms. The Labute approximate surface area is 153 Å². The van der Waals surface area contributed by atoms with E-state index in [-0.39, 0.29) is 17.9 Å². The van der Waals surface area contributed by atoms with Crippen molar-refractivity contribution < 1.29 is 14.3 Å². The fourth-order valence-corrected chi connectivity index (χ4v) is 3.68. The van der Waals surface area contributed by atoms with Crippen molar-refractivity contribution in [3.8, 4) is 5.75 Å². The van der Waals surface area contributed by atoms with E-state index in [0.717, 1.165) is 36.5 Å². The van der Waals surface area contributed by atoms with Crippen molar-refractivity contribution >= 4 is 23.6 Å². The third kappa shape index (κ3) is 6.25. The number of likely N-dealkylation sites (tertiary alicyclic amines) is 1. The zero-order chi connectivity index (χ0) is 18.1. The summed E-state index contributed by atoms with van der Waals surface area (Å²) in [6.07, 6.45) is 3.37. The van der Waals surface area contributed by atoms with E-state index in [1.54, 1.807) is 7.11 Å². The predicted octanol–water partition coefficient (Wildman–Crippen LogP) is 1.63. The summed E-state index contributed by atoms with van der Waals surface area (Å²) in [5.74, 6) is 1.28. The van der Waals surface area contributed by atoms with E-state index in [1.807, 2.05) is 29.2 Å². The van der Waals surface area contributed by atoms with Crippen LogP contribution in [0.25, 0.3) is 0 Å². The summed E-state index contributed by atoms with van der Waals surface area (Å²) in [4.78, 5) is 27.2. The Morgan fingerprint density at radius 3 is 2.76 bits per heavy atom. The largest absolute Gasteiger partial charge is 0.497 e. The van der Waals surface area contributed by atoms with Crippen LogP contribution in [0, 0.1) is 0 Å². The second kappa shape index (κ2) is 10.3. The minimum absolute atomic E-state index is 0.0481. The fourth-order valence-electron chi connectivity index (χ4n) is 2.89. The number of nitrogens with zero attached hydrogens (tertiary/aromatic N) is 1. The smallest absolute Gasteiger partial charge is 0.233 e. The summed E-state index contributed by atoms with van der Waals surface area (Å²) in [5.41, 5.74) is 5.39. The van der Waals surface area contributed by atoms with Crippen LogP contribution in [0.5, 0.6) is 5.75 Å². The summed E-state index contributed by atoms with van der Waals surface area (Å²) in [6, 6.07) is 7.78. The maximum atomic E-state index is 12.6. The van der Waals surface area contributed by atoms with Crippen LogP contribution in [0.3, 0.4) is 0 Å². The molecule has 1 atom stereocenters. The average molecular weight is 365 g/mol. The first-order valence-electron chi connectivity index (χ1n) is 8.67. The van der Waals surface area contributed by atoms with Crippen LogP contribution in [-0.4, -0.2) is 55.3 Å². The SMILES string of the molecule is COc1ccc(SCC(=O)N2CCCCC2CNC(=O)CCN)cc1. The number of piperidine rings is 1. The molecule has 1 aromatic carbocycles. The van der Waals surface area contributed by atoms with Crippen LogP contribution in [0.1, 0.15) is 25.7 Å². The van der Waals surface area contributed by atoms with Gasteiger partial charge in [-0.25, -0.2) is 0 Å². The van der Waals surface area contributed by atoms with Gasteiger partial charge in [0.2, 0.25) is 11.8 Å². The van der Waals surface area contributed by atoms with Crippen LogP contribution in [0.15, 0.2) is 29.2 Å². The van der Waals surface area contributed by atoms with Gasteiger partial charge in [-0.2, -0.15) is 0 Å². The molecule has 0 radical (unpaired) electrons. The number of nitrogens with two attached hydrogens (primary N) is 1. The summed E-state index contributed by atoms with van der Waals surface area (Å²) < 4.78 is 5.14. The van der Waals surface area contributed by atoms with Gasteiger partial charge in [0.15, 0.2) is 0 Å². The first-order valence-corrected chi connectivity index (χ1v) is 9.65. The predicted molar refractivity (Wildman–Crippen MR) is 99.8 cm³/mol. The number of thioether (sulfide) groups is 1. The summed E-state index contributed by atoms with van der Waals surface area (Å²) in [7, 11) is 1.63. The number of amides is 2. The van der Waals surface area contributed by atoms with Crippen LogP contribution in [0.4, 0.5) is 0 Å². The lowest BCUT2D eigenvalue weighted by molar-refractivity contribution is -0.132. The third-order valence-corrected chi connectivity index (χ3v) is 5.27. The van der Waals surface area contributed by atoms with Gasteiger partial charge in [-0.1, -0.05) is 0 Å². The lowest BCUT2D eigenvalue weighted by Crippen LogP contribution is -2.50. The molecule has 1 unspecified atom stereocenters. The number of benzene rings is 1. The Balaban J connectivity index is 1.85. The monoisotopic (exact) mass is 365 g/mol. The van der Waals surface area contributed by atoms with Gasteiger partial charge in [0.05, 0.1) is 12.9 Å². The minimum atomic E-state index is -0.0481. The molecule has 1 heterocycles. The number of carbonyl (C=O) groups excluding carboxylic acids is 2. The maximum Gasteiger partial charge on any atom is 0.233 e. The van der Waals surface area contributed by atoms with Crippen molar-refractivity contribution in [2.75, 3.05) is 32.5 Å². The molecule has 1 fully saturated rings. The number of nitrogens with one attached hydrogen (secondary N) is 1. The standard InChI is InChI=1S/C18H27N3O3S/c1-24-15-5-7-16(8-6-15)25-13-18(23)21-11-3-2-4-14(21)12-20-17(22)9-10-19/h5-8,14H,2-4,9-13,19H2,1H3,(H,20,22). The molecule has 0 bridgehead atoms. The van der Waals surface area contributed by atoms with Gasteiger partial charge in [-0.3, -0.25) is 9.59 Å². The first kappa shape index (κ1) is 19.6. The number of hydrogen-bond donors (Lipinski definition) is 2. The van der Waals surface area contributed by atoms with Crippen molar-refractivity contribution in [1.82, 2.24) is 10.2 Å². The Hall–Kier alpha value is -1.73. The Bertz CT molecular complexity index is 565. The highest BCUT2D eigenvalue weighted by molar-refractivity contribution is 8.00. The highest BCUT2D eigenvalue weighted by atomic mass is 32.2. The molecule has 2 rings (SSSR count). The molecule has 0 aliphatic carbocycles. The second-order valence-corrected chi connectivity index (χ2v) is 7.09. The molecule has 0 aromatic heterocycles. The van der Waals surface area contributed by atoms with Gasteiger partial charge in [0.1, 0.15) is 5.75 Å². The number of ether oxygens (including phenoxy) is 1. The van der Waals surface area contributed by atoms with E-state index in [0.29, 0.717) is 25.3 Å². The minimum Gasteiger partial charge on any atom is -0.497 e. The molecule has 6 nitrogen and oxygen atoms in total. The van der Waals surface area contributed by atoms with E-state index in [2.05, 4.69) is 5.32 Å². The quantitative estimate of drug-likeness (QED) is 0.684. The summed E-state index contributed by atoms with van der Waals surface area (Å²) in [6.45, 7) is 1.62. The normalized spacial score (nSPS) is 17.2. The van der Waals surface area contributed by atoms with Gasteiger partial charge in [0, 0.05) is 37.0 Å². The topological polar surface area (TPSA) is 84.7 Å². The van der Waals surface area contributed by atoms with Crippen molar-refractivity contribution in [3.05, 3.63) is 24.3 Å². The van der Waals surface area contributed by atoms with E-state index < -0.39 is 0 Å². The average Bonchev–Trinajstić information content (AvgIpc) is 2.65. The summed E-state index contributed by atoms with van der Waals surface area (Å²) >= 11 is 1.53. The Morgan fingerprint density at radius 1 is 1.32 bits per heavy atom. The second-order valence-electron chi connectivity index (χ2n) is 6.04. The molecule has 138 valence electrons. The summed E-state index contributed by atoms with van der Waals surface area (Å²) in [5, 5.41) is 2.89. The van der Waals surface area contributed by atoms with Crippen LogP contribution >= 0.6 is 11.8 Å². The van der Waals surface area contributed by atoms with E-state index in [1.165, 1.54) is 11.8 Å². The van der Waals surface area contributed by atoms with Crippen molar-refractivity contribution in [1.29, 1.82) is 0 Å². The number of carbonyl (C=O) groups is 2. The number of methoxy groups -OCH3 is 1. The molecule has 0 saturated carbocycles. The van der Waals surface area contributed by atoms with E-state index in [9.17, 15) is 9.59 Å². The molecular formula is C18H27N3O3S. The lowest BCUT2D eigenvalue weighted by atomic mass is 10.0. The molecule has 1 aromatic rings. The van der Waals surface area contributed by atoms with E-state index >= 15 is 0 Å². The Kier molecular flexibility index (Phi) is 8.08. The molecule has 1 aliphatic heterocycles. The van der Waals surface area contributed by atoms with Crippen molar-refractivity contribution in [2.24, 2.45) is 5.73 Å². The van der Waals surface area contributed by atoms with Gasteiger partial charge in [-0.05, 0) is 43.5 Å². The van der Waals surface area contributed by atoms with Gasteiger partial charge in [-0.15, -0.1) is 11.8 Å². The highest BCUT2D eigenvalue weighted by Crippen LogP contribution is 2.23. The van der Waals surface area contributed by atoms with Gasteiger partial charge in [0.25, 0.3) is 0 Å². The molecule has 7 heteroatoms. The highest BCUT2D eigenvalue weighted by Gasteiger charge is 2.26. The third-order valence-electron chi connectivity index (χ3n) is 4.28. The molecule has 1 saturated heterocycles. The zero-order valence-electron chi connectivity index (χ0n) is 14.7.